The average molecular weight is 304 g/mol. The molecular formula is C12H18ClN3O2S. The molecule has 2 aliphatic rings. The van der Waals surface area contributed by atoms with E-state index in [-0.39, 0.29) is 0 Å². The van der Waals surface area contributed by atoms with E-state index in [9.17, 15) is 8.42 Å². The van der Waals surface area contributed by atoms with Crippen molar-refractivity contribution in [3.63, 3.8) is 0 Å². The van der Waals surface area contributed by atoms with Gasteiger partial charge in [0.05, 0.1) is 10.8 Å². The predicted molar refractivity (Wildman–Crippen MR) is 73.7 cm³/mol. The van der Waals surface area contributed by atoms with E-state index in [2.05, 4.69) is 9.88 Å². The number of aromatic amines is 1. The second-order valence-corrected chi connectivity index (χ2v) is 7.37. The Balaban J connectivity index is 1.70. The smallest absolute Gasteiger partial charge is 0.244 e. The van der Waals surface area contributed by atoms with E-state index >= 15 is 0 Å². The van der Waals surface area contributed by atoms with Crippen molar-refractivity contribution in [3.8, 4) is 0 Å². The second-order valence-electron chi connectivity index (χ2n) is 5.17. The Bertz CT molecular complexity index is 545. The van der Waals surface area contributed by atoms with Gasteiger partial charge in [-0.05, 0) is 18.9 Å². The zero-order valence-corrected chi connectivity index (χ0v) is 12.3. The molecule has 0 bridgehead atoms. The van der Waals surface area contributed by atoms with Gasteiger partial charge in [-0.25, -0.2) is 8.42 Å². The zero-order chi connectivity index (χ0) is 13.5. The number of H-pyrrole nitrogens is 1. The van der Waals surface area contributed by atoms with E-state index in [1.165, 1.54) is 19.0 Å². The first-order chi connectivity index (χ1) is 9.11. The lowest BCUT2D eigenvalue weighted by molar-refractivity contribution is 0.180. The third-order valence-corrected chi connectivity index (χ3v) is 6.00. The van der Waals surface area contributed by atoms with E-state index in [0.717, 1.165) is 18.8 Å². The first kappa shape index (κ1) is 13.4. The number of nitrogens with one attached hydrogen (secondary N) is 1. The molecule has 0 spiro atoms. The van der Waals surface area contributed by atoms with Crippen LogP contribution in [0.15, 0.2) is 17.2 Å². The van der Waals surface area contributed by atoms with Gasteiger partial charge in [0.25, 0.3) is 0 Å². The Labute approximate surface area is 118 Å². The Morgan fingerprint density at radius 2 is 1.95 bits per heavy atom. The zero-order valence-electron chi connectivity index (χ0n) is 10.7. The van der Waals surface area contributed by atoms with Crippen LogP contribution in [0.4, 0.5) is 0 Å². The molecule has 0 atom stereocenters. The summed E-state index contributed by atoms with van der Waals surface area (Å²) in [6.07, 6.45) is 4.06. The van der Waals surface area contributed by atoms with Crippen LogP contribution in [0.5, 0.6) is 0 Å². The number of alkyl halides is 1. The minimum Gasteiger partial charge on any atom is -0.363 e. The molecule has 0 radical (unpaired) electrons. The third-order valence-electron chi connectivity index (χ3n) is 3.83. The third kappa shape index (κ3) is 2.67. The fourth-order valence-electron chi connectivity index (χ4n) is 2.54. The summed E-state index contributed by atoms with van der Waals surface area (Å²) >= 11 is 5.69. The predicted octanol–water partition coefficient (Wildman–Crippen LogP) is 1.22. The van der Waals surface area contributed by atoms with Gasteiger partial charge in [-0.15, -0.1) is 11.6 Å². The van der Waals surface area contributed by atoms with Crippen LogP contribution in [0, 0.1) is 0 Å². The van der Waals surface area contributed by atoms with Gasteiger partial charge in [-0.1, -0.05) is 0 Å². The first-order valence-corrected chi connectivity index (χ1v) is 8.56. The number of nitrogens with zero attached hydrogens (tertiary/aromatic N) is 2. The SMILES string of the molecule is O=S(=O)(c1c[nH]c(CCl)c1)N1CCN(C2CC2)CC1. The van der Waals surface area contributed by atoms with Crippen LogP contribution < -0.4 is 0 Å². The Hall–Kier alpha value is -0.560. The number of hydrogen-bond acceptors (Lipinski definition) is 3. The summed E-state index contributed by atoms with van der Waals surface area (Å²) in [7, 11) is -3.36. The van der Waals surface area contributed by atoms with E-state index in [0.29, 0.717) is 29.9 Å². The molecule has 1 aliphatic carbocycles. The maximum atomic E-state index is 12.5. The Kier molecular flexibility index (Phi) is 3.59. The van der Waals surface area contributed by atoms with Crippen LogP contribution in [-0.4, -0.2) is 54.8 Å². The molecule has 3 rings (SSSR count). The maximum Gasteiger partial charge on any atom is 0.244 e. The monoisotopic (exact) mass is 303 g/mol. The molecule has 0 unspecified atom stereocenters. The number of aromatic nitrogens is 1. The highest BCUT2D eigenvalue weighted by Gasteiger charge is 2.35. The van der Waals surface area contributed by atoms with Crippen LogP contribution >= 0.6 is 11.6 Å². The van der Waals surface area contributed by atoms with Crippen molar-refractivity contribution in [3.05, 3.63) is 18.0 Å². The van der Waals surface area contributed by atoms with E-state index < -0.39 is 10.0 Å². The lowest BCUT2D eigenvalue weighted by Gasteiger charge is -2.33. The Morgan fingerprint density at radius 1 is 1.26 bits per heavy atom. The topological polar surface area (TPSA) is 56.4 Å². The summed E-state index contributed by atoms with van der Waals surface area (Å²) in [4.78, 5) is 5.61. The molecule has 2 heterocycles. The quantitative estimate of drug-likeness (QED) is 0.851. The number of hydrogen-bond donors (Lipinski definition) is 1. The molecule has 1 saturated carbocycles. The van der Waals surface area contributed by atoms with Gasteiger partial charge < -0.3 is 4.98 Å². The molecule has 1 aromatic rings. The van der Waals surface area contributed by atoms with E-state index in [1.807, 2.05) is 0 Å². The minimum absolute atomic E-state index is 0.297. The molecule has 1 aliphatic heterocycles. The molecule has 1 aromatic heterocycles. The van der Waals surface area contributed by atoms with Crippen LogP contribution in [-0.2, 0) is 15.9 Å². The number of piperazine rings is 1. The largest absolute Gasteiger partial charge is 0.363 e. The van der Waals surface area contributed by atoms with Crippen LogP contribution in [0.3, 0.4) is 0 Å². The van der Waals surface area contributed by atoms with Crippen molar-refractivity contribution in [2.75, 3.05) is 26.2 Å². The molecule has 2 fully saturated rings. The van der Waals surface area contributed by atoms with Crippen molar-refractivity contribution >= 4 is 21.6 Å². The minimum atomic E-state index is -3.36. The van der Waals surface area contributed by atoms with Crippen molar-refractivity contribution in [2.24, 2.45) is 0 Å². The van der Waals surface area contributed by atoms with Crippen molar-refractivity contribution < 1.29 is 8.42 Å². The van der Waals surface area contributed by atoms with Crippen molar-refractivity contribution in [1.29, 1.82) is 0 Å². The van der Waals surface area contributed by atoms with Gasteiger partial charge >= 0.3 is 0 Å². The van der Waals surface area contributed by atoms with Gasteiger partial charge in [0, 0.05) is 44.1 Å². The molecule has 5 nitrogen and oxygen atoms in total. The maximum absolute atomic E-state index is 12.5. The molecule has 1 N–H and O–H groups in total. The van der Waals surface area contributed by atoms with Gasteiger partial charge in [0.15, 0.2) is 0 Å². The lowest BCUT2D eigenvalue weighted by Crippen LogP contribution is -2.49. The van der Waals surface area contributed by atoms with Crippen molar-refractivity contribution in [2.45, 2.75) is 29.7 Å². The molecular weight excluding hydrogens is 286 g/mol. The summed E-state index contributed by atoms with van der Waals surface area (Å²) in [6.45, 7) is 2.85. The van der Waals surface area contributed by atoms with Gasteiger partial charge in [-0.2, -0.15) is 4.31 Å². The summed E-state index contributed by atoms with van der Waals surface area (Å²) in [6, 6.07) is 2.33. The summed E-state index contributed by atoms with van der Waals surface area (Å²) < 4.78 is 26.5. The molecule has 0 amide bonds. The number of sulfonamides is 1. The molecule has 19 heavy (non-hydrogen) atoms. The van der Waals surface area contributed by atoms with Crippen LogP contribution in [0.1, 0.15) is 18.5 Å². The fraction of sp³-hybridized carbons (Fsp3) is 0.667. The number of rotatable bonds is 4. The molecule has 0 aromatic carbocycles. The lowest BCUT2D eigenvalue weighted by atomic mass is 10.3. The van der Waals surface area contributed by atoms with Gasteiger partial charge in [0.1, 0.15) is 0 Å². The standard InChI is InChI=1S/C12H18ClN3O2S/c13-8-10-7-12(9-14-10)19(17,18)16-5-3-15(4-6-16)11-1-2-11/h7,9,11,14H,1-6,8H2. The highest BCUT2D eigenvalue weighted by molar-refractivity contribution is 7.89. The summed E-state index contributed by atoms with van der Waals surface area (Å²) in [5.74, 6) is 0.297. The summed E-state index contributed by atoms with van der Waals surface area (Å²) in [5.41, 5.74) is 0.733. The van der Waals surface area contributed by atoms with Crippen LogP contribution in [0.25, 0.3) is 0 Å². The average Bonchev–Trinajstić information content (AvgIpc) is 3.15. The highest BCUT2D eigenvalue weighted by atomic mass is 35.5. The van der Waals surface area contributed by atoms with Crippen LogP contribution in [0.2, 0.25) is 0 Å². The van der Waals surface area contributed by atoms with Gasteiger partial charge in [0.2, 0.25) is 10.0 Å². The molecule has 7 heteroatoms. The number of halogens is 1. The van der Waals surface area contributed by atoms with Gasteiger partial charge in [-0.3, -0.25) is 4.90 Å². The fourth-order valence-corrected chi connectivity index (χ4v) is 4.14. The van der Waals surface area contributed by atoms with Crippen molar-refractivity contribution in [1.82, 2.24) is 14.2 Å². The molecule has 106 valence electrons. The van der Waals surface area contributed by atoms with E-state index in [1.54, 1.807) is 10.4 Å². The van der Waals surface area contributed by atoms with E-state index in [4.69, 9.17) is 11.6 Å². The summed E-state index contributed by atoms with van der Waals surface area (Å²) in [5, 5.41) is 0. The Morgan fingerprint density at radius 3 is 2.47 bits per heavy atom. The molecule has 1 saturated heterocycles. The second kappa shape index (κ2) is 5.09. The first-order valence-electron chi connectivity index (χ1n) is 6.59. The normalized spacial score (nSPS) is 22.8. The highest BCUT2D eigenvalue weighted by Crippen LogP contribution is 2.28.